The molecule has 0 aromatic heterocycles. The van der Waals surface area contributed by atoms with Crippen LogP contribution < -0.4 is 0 Å². The lowest BCUT2D eigenvalue weighted by Gasteiger charge is -2.43. The average molecular weight is 635 g/mol. The lowest BCUT2D eigenvalue weighted by molar-refractivity contribution is 0.0698. The highest BCUT2D eigenvalue weighted by molar-refractivity contribution is 4.93. The molecule has 0 nitrogen and oxygen atoms in total. The van der Waals surface area contributed by atoms with E-state index in [-0.39, 0.29) is 0 Å². The molecule has 0 aromatic rings. The monoisotopic (exact) mass is 635 g/mol. The van der Waals surface area contributed by atoms with Gasteiger partial charge < -0.3 is 0 Å². The molecule has 6 atom stereocenters. The lowest BCUT2D eigenvalue weighted by atomic mass is 9.62. The molecule has 0 saturated heterocycles. The highest BCUT2D eigenvalue weighted by Crippen LogP contribution is 2.53. The van der Waals surface area contributed by atoms with Crippen molar-refractivity contribution in [3.05, 3.63) is 0 Å². The normalized spacial score (nSPS) is 31.3. The van der Waals surface area contributed by atoms with E-state index >= 15 is 0 Å². The number of hydrogen-bond acceptors (Lipinski definition) is 0. The molecule has 0 amide bonds. The third-order valence-electron chi connectivity index (χ3n) is 17.2. The summed E-state index contributed by atoms with van der Waals surface area (Å²) in [6, 6.07) is 0. The molecule has 6 fully saturated rings. The Morgan fingerprint density at radius 2 is 1.07 bits per heavy atom. The van der Waals surface area contributed by atoms with Gasteiger partial charge in [0.15, 0.2) is 0 Å². The molecule has 6 saturated carbocycles. The summed E-state index contributed by atoms with van der Waals surface area (Å²) in [7, 11) is 0. The maximum absolute atomic E-state index is 2.72. The van der Waals surface area contributed by atoms with Crippen LogP contribution in [0.15, 0.2) is 0 Å². The van der Waals surface area contributed by atoms with E-state index in [1.165, 1.54) is 96.3 Å². The van der Waals surface area contributed by atoms with E-state index in [0.29, 0.717) is 10.8 Å². The third-order valence-corrected chi connectivity index (χ3v) is 17.2. The van der Waals surface area contributed by atoms with Gasteiger partial charge in [0.1, 0.15) is 0 Å². The highest BCUT2D eigenvalue weighted by atomic mass is 14.5. The van der Waals surface area contributed by atoms with Gasteiger partial charge in [-0.15, -0.1) is 0 Å². The van der Waals surface area contributed by atoms with Crippen molar-refractivity contribution in [1.29, 1.82) is 0 Å². The molecular weight excluding hydrogens is 553 g/mol. The van der Waals surface area contributed by atoms with E-state index in [1.54, 1.807) is 96.3 Å². The van der Waals surface area contributed by atoms with Crippen LogP contribution in [0.25, 0.3) is 0 Å². The van der Waals surface area contributed by atoms with E-state index in [0.717, 1.165) is 59.2 Å². The van der Waals surface area contributed by atoms with E-state index in [4.69, 9.17) is 0 Å². The topological polar surface area (TPSA) is 0 Å². The fourth-order valence-electron chi connectivity index (χ4n) is 13.9. The summed E-state index contributed by atoms with van der Waals surface area (Å²) in [6.45, 7) is 10.8. The molecule has 0 aliphatic heterocycles. The number of rotatable bonds is 17. The van der Waals surface area contributed by atoms with Crippen molar-refractivity contribution in [2.75, 3.05) is 0 Å². The highest BCUT2D eigenvalue weighted by Gasteiger charge is 2.42. The Bertz CT molecular complexity index is 852. The third kappa shape index (κ3) is 9.41. The van der Waals surface area contributed by atoms with Gasteiger partial charge in [-0.1, -0.05) is 150 Å². The van der Waals surface area contributed by atoms with Crippen molar-refractivity contribution < 1.29 is 0 Å². The molecule has 0 aromatic carbocycles. The van der Waals surface area contributed by atoms with Gasteiger partial charge in [-0.05, 0) is 141 Å². The minimum atomic E-state index is 0.547. The molecule has 0 radical (unpaired) electrons. The van der Waals surface area contributed by atoms with Crippen LogP contribution in [0.5, 0.6) is 0 Å². The minimum absolute atomic E-state index is 0.547. The summed E-state index contributed by atoms with van der Waals surface area (Å²) >= 11 is 0. The Kier molecular flexibility index (Phi) is 13.1. The van der Waals surface area contributed by atoms with Crippen LogP contribution in [0.1, 0.15) is 220 Å². The van der Waals surface area contributed by atoms with Gasteiger partial charge in [-0.2, -0.15) is 0 Å². The molecule has 0 heterocycles. The van der Waals surface area contributed by atoms with Crippen LogP contribution in [0.3, 0.4) is 0 Å². The predicted octanol–water partition coefficient (Wildman–Crippen LogP) is 15.0. The van der Waals surface area contributed by atoms with Crippen molar-refractivity contribution in [2.45, 2.75) is 220 Å². The Balaban J connectivity index is 1.03. The zero-order valence-corrected chi connectivity index (χ0v) is 32.0. The summed E-state index contributed by atoms with van der Waals surface area (Å²) in [5.74, 6) is 10.4. The van der Waals surface area contributed by atoms with Gasteiger partial charge in [-0.3, -0.25) is 0 Å². The summed E-state index contributed by atoms with van der Waals surface area (Å²) < 4.78 is 0. The van der Waals surface area contributed by atoms with Crippen molar-refractivity contribution in [1.82, 2.24) is 0 Å². The molecule has 0 bridgehead atoms. The Morgan fingerprint density at radius 3 is 1.65 bits per heavy atom. The minimum Gasteiger partial charge on any atom is -0.0617 e. The molecule has 266 valence electrons. The Hall–Kier alpha value is 0. The van der Waals surface area contributed by atoms with E-state index in [1.807, 2.05) is 0 Å². The van der Waals surface area contributed by atoms with E-state index in [9.17, 15) is 0 Å². The smallest absolute Gasteiger partial charge is 0.0298 e. The second kappa shape index (κ2) is 16.8. The lowest BCUT2D eigenvalue weighted by Crippen LogP contribution is -2.34. The van der Waals surface area contributed by atoms with Gasteiger partial charge in [0, 0.05) is 0 Å². The van der Waals surface area contributed by atoms with Crippen molar-refractivity contribution >= 4 is 0 Å². The van der Waals surface area contributed by atoms with Gasteiger partial charge >= 0.3 is 0 Å². The first-order valence-electron chi connectivity index (χ1n) is 22.3. The first-order valence-corrected chi connectivity index (χ1v) is 22.3. The molecule has 6 rings (SSSR count). The van der Waals surface area contributed by atoms with Crippen LogP contribution in [0, 0.1) is 70.0 Å². The molecule has 6 aliphatic carbocycles. The fraction of sp³-hybridized carbons (Fsp3) is 1.00. The number of hydrogen-bond donors (Lipinski definition) is 0. The van der Waals surface area contributed by atoms with Gasteiger partial charge in [0.2, 0.25) is 0 Å². The average Bonchev–Trinajstić information content (AvgIpc) is 3.90. The van der Waals surface area contributed by atoms with E-state index < -0.39 is 0 Å². The van der Waals surface area contributed by atoms with Gasteiger partial charge in [0.25, 0.3) is 0 Å². The second-order valence-corrected chi connectivity index (χ2v) is 20.5. The zero-order chi connectivity index (χ0) is 32.0. The first-order chi connectivity index (χ1) is 22.3. The molecule has 6 unspecified atom stereocenters. The summed E-state index contributed by atoms with van der Waals surface area (Å²) in [5.41, 5.74) is 1.17. The van der Waals surface area contributed by atoms with Crippen molar-refractivity contribution in [3.63, 3.8) is 0 Å². The molecule has 0 spiro atoms. The molecular formula is C46H82. The van der Waals surface area contributed by atoms with Crippen LogP contribution in [0.4, 0.5) is 0 Å². The molecule has 46 heavy (non-hydrogen) atoms. The van der Waals surface area contributed by atoms with Crippen LogP contribution in [-0.2, 0) is 0 Å². The summed E-state index contributed by atoms with van der Waals surface area (Å²) in [5, 5.41) is 0. The van der Waals surface area contributed by atoms with Crippen LogP contribution in [-0.4, -0.2) is 0 Å². The first kappa shape index (κ1) is 35.8. The quantitative estimate of drug-likeness (QED) is 0.149. The fourth-order valence-corrected chi connectivity index (χ4v) is 13.9. The largest absolute Gasteiger partial charge is 0.0617 e. The van der Waals surface area contributed by atoms with E-state index in [2.05, 4.69) is 27.7 Å². The summed E-state index contributed by atoms with van der Waals surface area (Å²) in [4.78, 5) is 0. The van der Waals surface area contributed by atoms with Crippen molar-refractivity contribution in [3.8, 4) is 0 Å². The standard InChI is InChI=1S/C46H82/c1-35(46(4)29-13-14-30-46)43(34-45(2,3)44-21-11-12-22-44)26-25-37-23-24-38(31-37)33-42(40-19-9-10-20-40)28-27-41(39-17-7-8-18-39)32-36-15-5-6-16-36/h35-44H,5-34H2,1-4H3. The SMILES string of the molecule is CC(C(CCC1CCC(CC(CCC(CC2CCCC2)C2CCCC2)C2CCCC2)C1)CC(C)(C)C1CCCC1)C1(C)CCCC1. The summed E-state index contributed by atoms with van der Waals surface area (Å²) in [6.07, 6.45) is 46.5. The zero-order valence-electron chi connectivity index (χ0n) is 32.0. The maximum atomic E-state index is 2.72. The maximum Gasteiger partial charge on any atom is -0.0298 e. The molecule has 0 N–H and O–H groups in total. The van der Waals surface area contributed by atoms with Crippen LogP contribution in [0.2, 0.25) is 0 Å². The predicted molar refractivity (Wildman–Crippen MR) is 201 cm³/mol. The molecule has 0 heteroatoms. The Morgan fingerprint density at radius 1 is 0.565 bits per heavy atom. The van der Waals surface area contributed by atoms with Gasteiger partial charge in [-0.25, -0.2) is 0 Å². The van der Waals surface area contributed by atoms with Crippen LogP contribution >= 0.6 is 0 Å². The van der Waals surface area contributed by atoms with Crippen molar-refractivity contribution in [2.24, 2.45) is 70.0 Å². The van der Waals surface area contributed by atoms with Gasteiger partial charge in [0.05, 0.1) is 0 Å². The Labute approximate surface area is 289 Å². The molecule has 6 aliphatic rings. The second-order valence-electron chi connectivity index (χ2n) is 20.5.